The predicted molar refractivity (Wildman–Crippen MR) is 84.9 cm³/mol. The Hall–Kier alpha value is -1.07. The fraction of sp³-hybridized carbons (Fsp3) is 0.533. The molecule has 1 aromatic carbocycles. The van der Waals surface area contributed by atoms with Crippen LogP contribution in [0.25, 0.3) is 0 Å². The number of nitrogens with one attached hydrogen (secondary N) is 2. The molecule has 112 valence electrons. The number of hydrogen-bond donors (Lipinski definition) is 2. The summed E-state index contributed by atoms with van der Waals surface area (Å²) < 4.78 is 6.56. The minimum absolute atomic E-state index is 0.0273. The van der Waals surface area contributed by atoms with Crippen LogP contribution in [-0.2, 0) is 11.3 Å². The summed E-state index contributed by atoms with van der Waals surface area (Å²) >= 11 is 3.51. The minimum atomic E-state index is -0.240. The summed E-state index contributed by atoms with van der Waals surface area (Å²) in [6, 6.07) is 5.73. The second-order valence-electron chi connectivity index (χ2n) is 5.62. The lowest BCUT2D eigenvalue weighted by molar-refractivity contribution is -0.124. The van der Waals surface area contributed by atoms with Gasteiger partial charge in [0, 0.05) is 16.6 Å². The van der Waals surface area contributed by atoms with Gasteiger partial charge in [-0.25, -0.2) is 0 Å². The Labute approximate surface area is 129 Å². The fourth-order valence-corrected chi connectivity index (χ4v) is 2.03. The third-order valence-corrected chi connectivity index (χ3v) is 3.24. The molecule has 2 N–H and O–H groups in total. The van der Waals surface area contributed by atoms with Crippen molar-refractivity contribution in [3.63, 3.8) is 0 Å². The van der Waals surface area contributed by atoms with Crippen LogP contribution < -0.4 is 15.4 Å². The number of carbonyl (C=O) groups is 1. The molecule has 1 aromatic rings. The molecule has 0 aliphatic carbocycles. The number of halogens is 1. The highest BCUT2D eigenvalue weighted by atomic mass is 79.9. The van der Waals surface area contributed by atoms with Gasteiger partial charge in [0.2, 0.25) is 0 Å². The van der Waals surface area contributed by atoms with E-state index >= 15 is 0 Å². The Kier molecular flexibility index (Phi) is 6.49. The van der Waals surface area contributed by atoms with Gasteiger partial charge in [-0.05, 0) is 51.1 Å². The molecule has 0 aromatic heterocycles. The molecule has 0 radical (unpaired) electrons. The standard InChI is InChI=1S/C15H23BrN2O2/c1-5-17-9-11-8-12(6-7-13(11)16)20-10-14(19)18-15(2,3)4/h6-8,17H,5,9-10H2,1-4H3,(H,18,19). The molecular weight excluding hydrogens is 320 g/mol. The van der Waals surface area contributed by atoms with Gasteiger partial charge in [0.1, 0.15) is 5.75 Å². The normalized spacial score (nSPS) is 11.2. The fourth-order valence-electron chi connectivity index (χ4n) is 1.64. The molecule has 1 amide bonds. The molecule has 0 spiro atoms. The molecule has 0 saturated carbocycles. The Balaban J connectivity index is 2.58. The maximum Gasteiger partial charge on any atom is 0.258 e. The van der Waals surface area contributed by atoms with Crippen LogP contribution in [0.4, 0.5) is 0 Å². The van der Waals surface area contributed by atoms with Crippen LogP contribution >= 0.6 is 15.9 Å². The second-order valence-corrected chi connectivity index (χ2v) is 6.47. The SMILES string of the molecule is CCNCc1cc(OCC(=O)NC(C)(C)C)ccc1Br. The minimum Gasteiger partial charge on any atom is -0.484 e. The van der Waals surface area contributed by atoms with Crippen molar-refractivity contribution in [1.29, 1.82) is 0 Å². The van der Waals surface area contributed by atoms with Gasteiger partial charge in [-0.3, -0.25) is 4.79 Å². The molecule has 0 unspecified atom stereocenters. The van der Waals surface area contributed by atoms with Crippen molar-refractivity contribution in [2.75, 3.05) is 13.2 Å². The number of hydrogen-bond acceptors (Lipinski definition) is 3. The third kappa shape index (κ3) is 6.39. The van der Waals surface area contributed by atoms with Crippen molar-refractivity contribution in [1.82, 2.24) is 10.6 Å². The third-order valence-electron chi connectivity index (χ3n) is 2.47. The maximum atomic E-state index is 11.7. The molecule has 0 atom stereocenters. The first-order valence-electron chi connectivity index (χ1n) is 6.75. The van der Waals surface area contributed by atoms with E-state index in [-0.39, 0.29) is 18.1 Å². The van der Waals surface area contributed by atoms with Crippen LogP contribution in [0.15, 0.2) is 22.7 Å². The first kappa shape index (κ1) is 17.0. The average Bonchev–Trinajstić information content (AvgIpc) is 2.34. The van der Waals surface area contributed by atoms with Gasteiger partial charge in [0.15, 0.2) is 6.61 Å². The van der Waals surface area contributed by atoms with Crippen LogP contribution in [0.1, 0.15) is 33.3 Å². The number of rotatable bonds is 6. The van der Waals surface area contributed by atoms with Crippen molar-refractivity contribution in [3.8, 4) is 5.75 Å². The molecule has 0 bridgehead atoms. The van der Waals surface area contributed by atoms with Crippen LogP contribution in [-0.4, -0.2) is 24.6 Å². The summed E-state index contributed by atoms with van der Waals surface area (Å²) in [5.41, 5.74) is 0.872. The molecule has 0 aliphatic heterocycles. The highest BCUT2D eigenvalue weighted by Gasteiger charge is 2.14. The Bertz CT molecular complexity index is 456. The van der Waals surface area contributed by atoms with E-state index in [0.717, 1.165) is 23.1 Å². The summed E-state index contributed by atoms with van der Waals surface area (Å²) in [4.78, 5) is 11.7. The molecule has 0 aliphatic rings. The highest BCUT2D eigenvalue weighted by molar-refractivity contribution is 9.10. The van der Waals surface area contributed by atoms with E-state index in [0.29, 0.717) is 5.75 Å². The molecule has 1 rings (SSSR count). The van der Waals surface area contributed by atoms with Gasteiger partial charge in [0.05, 0.1) is 0 Å². The van der Waals surface area contributed by atoms with Crippen molar-refractivity contribution in [3.05, 3.63) is 28.2 Å². The van der Waals surface area contributed by atoms with Crippen molar-refractivity contribution in [2.24, 2.45) is 0 Å². The second kappa shape index (κ2) is 7.64. The first-order valence-corrected chi connectivity index (χ1v) is 7.54. The van der Waals surface area contributed by atoms with Crippen LogP contribution in [0.3, 0.4) is 0 Å². The van der Waals surface area contributed by atoms with E-state index in [4.69, 9.17) is 4.74 Å². The lowest BCUT2D eigenvalue weighted by Crippen LogP contribution is -2.43. The summed E-state index contributed by atoms with van der Waals surface area (Å²) in [7, 11) is 0. The summed E-state index contributed by atoms with van der Waals surface area (Å²) in [6.45, 7) is 9.59. The zero-order valence-electron chi connectivity index (χ0n) is 12.5. The van der Waals surface area contributed by atoms with Crippen molar-refractivity contribution in [2.45, 2.75) is 39.8 Å². The molecule has 4 nitrogen and oxygen atoms in total. The Morgan fingerprint density at radius 1 is 1.35 bits per heavy atom. The monoisotopic (exact) mass is 342 g/mol. The highest BCUT2D eigenvalue weighted by Crippen LogP contribution is 2.22. The van der Waals surface area contributed by atoms with E-state index in [9.17, 15) is 4.79 Å². The van der Waals surface area contributed by atoms with Gasteiger partial charge in [-0.1, -0.05) is 22.9 Å². The largest absolute Gasteiger partial charge is 0.484 e. The van der Waals surface area contributed by atoms with Crippen molar-refractivity contribution < 1.29 is 9.53 Å². The molecule has 0 fully saturated rings. The van der Waals surface area contributed by atoms with Gasteiger partial charge < -0.3 is 15.4 Å². The summed E-state index contributed by atoms with van der Waals surface area (Å²) in [5.74, 6) is 0.582. The maximum absolute atomic E-state index is 11.7. The quantitative estimate of drug-likeness (QED) is 0.835. The summed E-state index contributed by atoms with van der Waals surface area (Å²) in [6.07, 6.45) is 0. The van der Waals surface area contributed by atoms with E-state index in [1.54, 1.807) is 0 Å². The number of amides is 1. The molecule has 5 heteroatoms. The predicted octanol–water partition coefficient (Wildman–Crippen LogP) is 2.85. The van der Waals surface area contributed by atoms with Gasteiger partial charge >= 0.3 is 0 Å². The van der Waals surface area contributed by atoms with Gasteiger partial charge in [-0.15, -0.1) is 0 Å². The zero-order chi connectivity index (χ0) is 15.2. The van der Waals surface area contributed by atoms with E-state index in [2.05, 4.69) is 33.5 Å². The van der Waals surface area contributed by atoms with E-state index in [1.807, 2.05) is 39.0 Å². The summed E-state index contributed by atoms with van der Waals surface area (Å²) in [5, 5.41) is 6.13. The average molecular weight is 343 g/mol. The topological polar surface area (TPSA) is 50.4 Å². The number of carbonyl (C=O) groups excluding carboxylic acids is 1. The van der Waals surface area contributed by atoms with Crippen LogP contribution in [0.2, 0.25) is 0 Å². The van der Waals surface area contributed by atoms with Gasteiger partial charge in [0.25, 0.3) is 5.91 Å². The van der Waals surface area contributed by atoms with Crippen LogP contribution in [0, 0.1) is 0 Å². The molecule has 20 heavy (non-hydrogen) atoms. The lowest BCUT2D eigenvalue weighted by Gasteiger charge is -2.20. The Morgan fingerprint density at radius 2 is 2.05 bits per heavy atom. The van der Waals surface area contributed by atoms with Crippen LogP contribution in [0.5, 0.6) is 5.75 Å². The molecular formula is C15H23BrN2O2. The smallest absolute Gasteiger partial charge is 0.258 e. The Morgan fingerprint density at radius 3 is 2.65 bits per heavy atom. The first-order chi connectivity index (χ1) is 9.31. The van der Waals surface area contributed by atoms with Gasteiger partial charge in [-0.2, -0.15) is 0 Å². The molecule has 0 saturated heterocycles. The number of ether oxygens (including phenoxy) is 1. The van der Waals surface area contributed by atoms with Crippen molar-refractivity contribution >= 4 is 21.8 Å². The molecule has 0 heterocycles. The lowest BCUT2D eigenvalue weighted by atomic mass is 10.1. The number of benzene rings is 1. The van der Waals surface area contributed by atoms with E-state index < -0.39 is 0 Å². The van der Waals surface area contributed by atoms with E-state index in [1.165, 1.54) is 0 Å². The zero-order valence-corrected chi connectivity index (χ0v) is 14.1.